The van der Waals surface area contributed by atoms with Gasteiger partial charge in [-0.3, -0.25) is 9.69 Å². The van der Waals surface area contributed by atoms with Gasteiger partial charge in [-0.2, -0.15) is 0 Å². The lowest BCUT2D eigenvalue weighted by atomic mass is 10.3. The van der Waals surface area contributed by atoms with Crippen LogP contribution in [0.4, 0.5) is 0 Å². The largest absolute Gasteiger partial charge is 0.465 e. The van der Waals surface area contributed by atoms with Gasteiger partial charge in [0.05, 0.1) is 13.2 Å². The van der Waals surface area contributed by atoms with Gasteiger partial charge >= 0.3 is 5.97 Å². The highest BCUT2D eigenvalue weighted by Gasteiger charge is 2.02. The quantitative estimate of drug-likeness (QED) is 0.447. The molecule has 0 heterocycles. The monoisotopic (exact) mass is 173 g/mol. The van der Waals surface area contributed by atoms with E-state index in [1.807, 2.05) is 19.0 Å². The van der Waals surface area contributed by atoms with Crippen molar-refractivity contribution >= 4 is 5.97 Å². The molecule has 0 atom stereocenters. The summed E-state index contributed by atoms with van der Waals surface area (Å²) in [5.41, 5.74) is 0. The summed E-state index contributed by atoms with van der Waals surface area (Å²) < 4.78 is 4.97. The smallest absolute Gasteiger partial charge is 0.320 e. The molecule has 0 bridgehead atoms. The molecule has 3 nitrogen and oxygen atoms in total. The molecule has 0 rings (SSSR count). The number of ether oxygens (including phenoxy) is 1. The van der Waals surface area contributed by atoms with Crippen molar-refractivity contribution in [2.45, 2.75) is 26.2 Å². The van der Waals surface area contributed by atoms with Crippen LogP contribution >= 0.6 is 0 Å². The van der Waals surface area contributed by atoms with Crippen LogP contribution in [0.1, 0.15) is 26.2 Å². The number of nitrogens with zero attached hydrogens (tertiary/aromatic N) is 1. The minimum Gasteiger partial charge on any atom is -0.465 e. The number of esters is 1. The van der Waals surface area contributed by atoms with E-state index >= 15 is 0 Å². The molecule has 0 saturated carbocycles. The molecular formula is C9H19NO2. The minimum absolute atomic E-state index is 0.129. The number of hydrogen-bond acceptors (Lipinski definition) is 3. The predicted molar refractivity (Wildman–Crippen MR) is 49.0 cm³/mol. The van der Waals surface area contributed by atoms with Gasteiger partial charge in [-0.05, 0) is 20.5 Å². The van der Waals surface area contributed by atoms with Crippen LogP contribution in [0, 0.1) is 0 Å². The summed E-state index contributed by atoms with van der Waals surface area (Å²) in [6.45, 7) is 3.08. The highest BCUT2D eigenvalue weighted by atomic mass is 16.5. The van der Waals surface area contributed by atoms with Gasteiger partial charge in [0.2, 0.25) is 0 Å². The predicted octanol–water partition coefficient (Wildman–Crippen LogP) is 1.28. The first kappa shape index (κ1) is 11.4. The number of unbranched alkanes of at least 4 members (excludes halogenated alkanes) is 2. The zero-order chi connectivity index (χ0) is 9.40. The van der Waals surface area contributed by atoms with Crippen LogP contribution < -0.4 is 0 Å². The zero-order valence-electron chi connectivity index (χ0n) is 8.30. The Balaban J connectivity index is 3.20. The van der Waals surface area contributed by atoms with Gasteiger partial charge in [0.25, 0.3) is 0 Å². The summed E-state index contributed by atoms with van der Waals surface area (Å²) in [5.74, 6) is -0.129. The Hall–Kier alpha value is -0.570. The number of hydrogen-bond donors (Lipinski definition) is 0. The standard InChI is InChI=1S/C9H19NO2/c1-4-5-6-7-12-9(11)8-10(2)3/h4-8H2,1-3H3. The first-order valence-electron chi connectivity index (χ1n) is 4.47. The van der Waals surface area contributed by atoms with Crippen LogP contribution in [0.3, 0.4) is 0 Å². The SMILES string of the molecule is CCCCCOC(=O)CN(C)C. The van der Waals surface area contributed by atoms with E-state index in [0.717, 1.165) is 19.3 Å². The molecule has 72 valence electrons. The summed E-state index contributed by atoms with van der Waals surface area (Å²) >= 11 is 0. The van der Waals surface area contributed by atoms with Crippen LogP contribution in [0.25, 0.3) is 0 Å². The summed E-state index contributed by atoms with van der Waals surface area (Å²) in [5, 5.41) is 0. The van der Waals surface area contributed by atoms with E-state index in [1.54, 1.807) is 0 Å². The number of likely N-dealkylation sites (N-methyl/N-ethyl adjacent to an activating group) is 1. The molecule has 0 saturated heterocycles. The fourth-order valence-electron chi connectivity index (χ4n) is 0.842. The van der Waals surface area contributed by atoms with E-state index in [0.29, 0.717) is 13.2 Å². The van der Waals surface area contributed by atoms with Crippen LogP contribution in [-0.4, -0.2) is 38.1 Å². The van der Waals surface area contributed by atoms with Crippen molar-refractivity contribution in [2.75, 3.05) is 27.2 Å². The second kappa shape index (κ2) is 7.10. The van der Waals surface area contributed by atoms with Gasteiger partial charge in [0, 0.05) is 0 Å². The molecule has 0 unspecified atom stereocenters. The minimum atomic E-state index is -0.129. The fourth-order valence-corrected chi connectivity index (χ4v) is 0.842. The summed E-state index contributed by atoms with van der Waals surface area (Å²) in [4.78, 5) is 12.8. The van der Waals surface area contributed by atoms with Gasteiger partial charge in [-0.15, -0.1) is 0 Å². The van der Waals surface area contributed by atoms with E-state index in [1.165, 1.54) is 0 Å². The average molecular weight is 173 g/mol. The third-order valence-corrected chi connectivity index (χ3v) is 1.46. The van der Waals surface area contributed by atoms with Crippen molar-refractivity contribution in [1.29, 1.82) is 0 Å². The molecule has 0 aliphatic heterocycles. The molecule has 0 radical (unpaired) electrons. The Morgan fingerprint density at radius 2 is 2.00 bits per heavy atom. The van der Waals surface area contributed by atoms with Crippen molar-refractivity contribution in [3.05, 3.63) is 0 Å². The van der Waals surface area contributed by atoms with E-state index in [4.69, 9.17) is 4.74 Å². The maximum Gasteiger partial charge on any atom is 0.320 e. The normalized spacial score (nSPS) is 10.3. The van der Waals surface area contributed by atoms with E-state index in [2.05, 4.69) is 6.92 Å². The molecule has 12 heavy (non-hydrogen) atoms. The molecule has 0 aromatic heterocycles. The van der Waals surface area contributed by atoms with E-state index in [-0.39, 0.29) is 5.97 Å². The Bertz CT molecular complexity index is 124. The lowest BCUT2D eigenvalue weighted by Crippen LogP contribution is -2.23. The molecule has 0 N–H and O–H groups in total. The van der Waals surface area contributed by atoms with Gasteiger partial charge in [-0.1, -0.05) is 19.8 Å². The molecule has 0 aromatic rings. The third-order valence-electron chi connectivity index (χ3n) is 1.46. The maximum atomic E-state index is 11.0. The van der Waals surface area contributed by atoms with Crippen LogP contribution in [0.5, 0.6) is 0 Å². The molecule has 0 aliphatic carbocycles. The van der Waals surface area contributed by atoms with Crippen molar-refractivity contribution in [3.63, 3.8) is 0 Å². The van der Waals surface area contributed by atoms with Crippen molar-refractivity contribution in [2.24, 2.45) is 0 Å². The fraction of sp³-hybridized carbons (Fsp3) is 0.889. The van der Waals surface area contributed by atoms with Crippen molar-refractivity contribution in [1.82, 2.24) is 4.90 Å². The first-order valence-corrected chi connectivity index (χ1v) is 4.47. The topological polar surface area (TPSA) is 29.5 Å². The van der Waals surface area contributed by atoms with Crippen LogP contribution in [0.15, 0.2) is 0 Å². The molecule has 0 aromatic carbocycles. The first-order chi connectivity index (χ1) is 5.66. The van der Waals surface area contributed by atoms with Gasteiger partial charge in [0.1, 0.15) is 0 Å². The Morgan fingerprint density at radius 3 is 2.50 bits per heavy atom. The highest BCUT2D eigenvalue weighted by molar-refractivity contribution is 5.71. The summed E-state index contributed by atoms with van der Waals surface area (Å²) in [6.07, 6.45) is 3.27. The lowest BCUT2D eigenvalue weighted by molar-refractivity contribution is -0.144. The van der Waals surface area contributed by atoms with Crippen LogP contribution in [-0.2, 0) is 9.53 Å². The Kier molecular flexibility index (Phi) is 6.76. The number of carbonyl (C=O) groups is 1. The number of carbonyl (C=O) groups excluding carboxylic acids is 1. The molecule has 0 fully saturated rings. The molecular weight excluding hydrogens is 154 g/mol. The third kappa shape index (κ3) is 7.54. The van der Waals surface area contributed by atoms with Gasteiger partial charge < -0.3 is 4.74 Å². The van der Waals surface area contributed by atoms with Gasteiger partial charge in [0.15, 0.2) is 0 Å². The highest BCUT2D eigenvalue weighted by Crippen LogP contribution is 1.94. The molecule has 0 amide bonds. The Labute approximate surface area is 74.7 Å². The molecule has 0 spiro atoms. The van der Waals surface area contributed by atoms with E-state index < -0.39 is 0 Å². The summed E-state index contributed by atoms with van der Waals surface area (Å²) in [6, 6.07) is 0. The molecule has 3 heteroatoms. The lowest BCUT2D eigenvalue weighted by Gasteiger charge is -2.08. The number of rotatable bonds is 6. The molecule has 0 aliphatic rings. The second-order valence-corrected chi connectivity index (χ2v) is 3.17. The average Bonchev–Trinajstić information content (AvgIpc) is 1.97. The van der Waals surface area contributed by atoms with Crippen LogP contribution in [0.2, 0.25) is 0 Å². The Morgan fingerprint density at radius 1 is 1.33 bits per heavy atom. The van der Waals surface area contributed by atoms with Crippen molar-refractivity contribution in [3.8, 4) is 0 Å². The zero-order valence-corrected chi connectivity index (χ0v) is 8.30. The second-order valence-electron chi connectivity index (χ2n) is 3.17. The summed E-state index contributed by atoms with van der Waals surface area (Å²) in [7, 11) is 3.71. The maximum absolute atomic E-state index is 11.0. The van der Waals surface area contributed by atoms with E-state index in [9.17, 15) is 4.79 Å². The van der Waals surface area contributed by atoms with Crippen molar-refractivity contribution < 1.29 is 9.53 Å². The van der Waals surface area contributed by atoms with Gasteiger partial charge in [-0.25, -0.2) is 0 Å².